The maximum atomic E-state index is 11.3. The topological polar surface area (TPSA) is 53.4 Å². The Morgan fingerprint density at radius 3 is 3.11 bits per heavy atom. The van der Waals surface area contributed by atoms with Gasteiger partial charge in [-0.2, -0.15) is 0 Å². The summed E-state index contributed by atoms with van der Waals surface area (Å²) in [7, 11) is 0. The van der Waals surface area contributed by atoms with Gasteiger partial charge in [-0.1, -0.05) is 13.3 Å². The van der Waals surface area contributed by atoms with E-state index in [1.54, 1.807) is 18.3 Å². The quantitative estimate of drug-likeness (QED) is 0.890. The lowest BCUT2D eigenvalue weighted by Crippen LogP contribution is -2.40. The minimum absolute atomic E-state index is 0.320. The van der Waals surface area contributed by atoms with E-state index in [9.17, 15) is 9.90 Å². The first kappa shape index (κ1) is 12.9. The summed E-state index contributed by atoms with van der Waals surface area (Å²) in [5, 5.41) is 9.25. The largest absolute Gasteiger partial charge is 0.478 e. The van der Waals surface area contributed by atoms with Crippen molar-refractivity contribution >= 4 is 11.8 Å². The molecule has 0 amide bonds. The van der Waals surface area contributed by atoms with Crippen molar-refractivity contribution in [3.05, 3.63) is 23.9 Å². The molecule has 1 N–H and O–H groups in total. The number of hydrogen-bond acceptors (Lipinski definition) is 3. The molecular weight excluding hydrogens is 228 g/mol. The predicted molar refractivity (Wildman–Crippen MR) is 71.1 cm³/mol. The highest BCUT2D eigenvalue weighted by atomic mass is 16.4. The molecule has 18 heavy (non-hydrogen) atoms. The Morgan fingerprint density at radius 2 is 2.39 bits per heavy atom. The third-order valence-corrected chi connectivity index (χ3v) is 3.54. The van der Waals surface area contributed by atoms with Crippen molar-refractivity contribution in [3.8, 4) is 0 Å². The second-order valence-corrected chi connectivity index (χ2v) is 4.81. The molecule has 4 heteroatoms. The fraction of sp³-hybridized carbons (Fsp3) is 0.571. The van der Waals surface area contributed by atoms with E-state index in [1.165, 1.54) is 6.42 Å². The molecule has 1 aliphatic heterocycles. The molecule has 4 nitrogen and oxygen atoms in total. The molecule has 0 spiro atoms. The Labute approximate surface area is 108 Å². The Hall–Kier alpha value is -1.58. The van der Waals surface area contributed by atoms with Crippen LogP contribution in [0.1, 0.15) is 49.4 Å². The molecule has 2 rings (SSSR count). The second-order valence-electron chi connectivity index (χ2n) is 4.81. The number of aromatic carboxylic acids is 1. The highest BCUT2D eigenvalue weighted by Crippen LogP contribution is 2.28. The molecule has 1 aliphatic rings. The van der Waals surface area contributed by atoms with E-state index >= 15 is 0 Å². The molecule has 1 atom stereocenters. The minimum atomic E-state index is -0.890. The van der Waals surface area contributed by atoms with Gasteiger partial charge in [-0.25, -0.2) is 9.78 Å². The van der Waals surface area contributed by atoms with E-state index in [2.05, 4.69) is 16.8 Å². The summed E-state index contributed by atoms with van der Waals surface area (Å²) in [6.45, 7) is 3.09. The zero-order valence-corrected chi connectivity index (χ0v) is 10.8. The molecule has 2 heterocycles. The Balaban J connectivity index is 2.30. The van der Waals surface area contributed by atoms with Crippen molar-refractivity contribution in [1.29, 1.82) is 0 Å². The van der Waals surface area contributed by atoms with E-state index < -0.39 is 5.97 Å². The molecule has 1 aromatic heterocycles. The number of rotatable bonds is 4. The van der Waals surface area contributed by atoms with Crippen molar-refractivity contribution in [1.82, 2.24) is 4.98 Å². The maximum Gasteiger partial charge on any atom is 0.339 e. The molecule has 1 unspecified atom stereocenters. The Kier molecular flexibility index (Phi) is 4.18. The van der Waals surface area contributed by atoms with Gasteiger partial charge in [-0.3, -0.25) is 0 Å². The molecule has 0 radical (unpaired) electrons. The standard InChI is InChI=1S/C14H20N2O2/c1-2-6-11-7-3-4-10-16(11)13-12(14(17)18)8-5-9-15-13/h5,8-9,11H,2-4,6-7,10H2,1H3,(H,17,18). The fourth-order valence-electron chi connectivity index (χ4n) is 2.71. The summed E-state index contributed by atoms with van der Waals surface area (Å²) in [6, 6.07) is 3.77. The van der Waals surface area contributed by atoms with Gasteiger partial charge in [-0.05, 0) is 37.8 Å². The second kappa shape index (κ2) is 5.85. The SMILES string of the molecule is CCCC1CCCCN1c1ncccc1C(=O)O. The molecule has 1 fully saturated rings. The van der Waals surface area contributed by atoms with Gasteiger partial charge in [0.05, 0.1) is 0 Å². The van der Waals surface area contributed by atoms with Crippen molar-refractivity contribution in [3.63, 3.8) is 0 Å². The lowest BCUT2D eigenvalue weighted by molar-refractivity contribution is 0.0697. The van der Waals surface area contributed by atoms with E-state index in [0.29, 0.717) is 17.4 Å². The van der Waals surface area contributed by atoms with Gasteiger partial charge in [-0.15, -0.1) is 0 Å². The average Bonchev–Trinajstić information content (AvgIpc) is 2.40. The van der Waals surface area contributed by atoms with Crippen LogP contribution in [0.4, 0.5) is 5.82 Å². The zero-order valence-electron chi connectivity index (χ0n) is 10.8. The number of aromatic nitrogens is 1. The van der Waals surface area contributed by atoms with Gasteiger partial charge in [0.2, 0.25) is 0 Å². The Morgan fingerprint density at radius 1 is 1.56 bits per heavy atom. The summed E-state index contributed by atoms with van der Waals surface area (Å²) in [4.78, 5) is 17.8. The number of anilines is 1. The molecule has 0 bridgehead atoms. The first-order valence-corrected chi connectivity index (χ1v) is 6.69. The van der Waals surface area contributed by atoms with Gasteiger partial charge in [0.25, 0.3) is 0 Å². The van der Waals surface area contributed by atoms with Crippen molar-refractivity contribution in [2.24, 2.45) is 0 Å². The van der Waals surface area contributed by atoms with Crippen LogP contribution in [0, 0.1) is 0 Å². The number of carboxylic acids is 1. The molecule has 0 aliphatic carbocycles. The fourth-order valence-corrected chi connectivity index (χ4v) is 2.71. The number of nitrogens with zero attached hydrogens (tertiary/aromatic N) is 2. The van der Waals surface area contributed by atoms with Crippen molar-refractivity contribution in [2.75, 3.05) is 11.4 Å². The van der Waals surface area contributed by atoms with Crippen LogP contribution >= 0.6 is 0 Å². The Bertz CT molecular complexity index is 418. The van der Waals surface area contributed by atoms with Crippen LogP contribution in [0.25, 0.3) is 0 Å². The van der Waals surface area contributed by atoms with E-state index in [4.69, 9.17) is 0 Å². The normalized spacial score (nSPS) is 19.8. The van der Waals surface area contributed by atoms with Gasteiger partial charge >= 0.3 is 5.97 Å². The number of piperidine rings is 1. The summed E-state index contributed by atoms with van der Waals surface area (Å²) < 4.78 is 0. The van der Waals surface area contributed by atoms with Crippen LogP contribution in [0.15, 0.2) is 18.3 Å². The van der Waals surface area contributed by atoms with Crippen molar-refractivity contribution < 1.29 is 9.90 Å². The summed E-state index contributed by atoms with van der Waals surface area (Å²) >= 11 is 0. The van der Waals surface area contributed by atoms with Crippen LogP contribution in [0.2, 0.25) is 0 Å². The molecule has 0 aromatic carbocycles. The summed E-state index contributed by atoms with van der Waals surface area (Å²) in [5.74, 6) is -0.248. The summed E-state index contributed by atoms with van der Waals surface area (Å²) in [5.41, 5.74) is 0.320. The van der Waals surface area contributed by atoms with Crippen LogP contribution in [-0.2, 0) is 0 Å². The highest BCUT2D eigenvalue weighted by Gasteiger charge is 2.26. The highest BCUT2D eigenvalue weighted by molar-refractivity contribution is 5.93. The average molecular weight is 248 g/mol. The first-order valence-electron chi connectivity index (χ1n) is 6.69. The van der Waals surface area contributed by atoms with Crippen molar-refractivity contribution in [2.45, 2.75) is 45.1 Å². The third-order valence-electron chi connectivity index (χ3n) is 3.54. The van der Waals surface area contributed by atoms with Crippen LogP contribution in [0.3, 0.4) is 0 Å². The van der Waals surface area contributed by atoms with Gasteiger partial charge in [0.15, 0.2) is 0 Å². The lowest BCUT2D eigenvalue weighted by Gasteiger charge is -2.37. The van der Waals surface area contributed by atoms with E-state index in [0.717, 1.165) is 32.2 Å². The summed E-state index contributed by atoms with van der Waals surface area (Å²) in [6.07, 6.45) is 7.40. The molecule has 98 valence electrons. The molecule has 0 saturated carbocycles. The number of hydrogen-bond donors (Lipinski definition) is 1. The van der Waals surface area contributed by atoms with E-state index in [1.807, 2.05) is 0 Å². The zero-order chi connectivity index (χ0) is 13.0. The molecule has 1 saturated heterocycles. The monoisotopic (exact) mass is 248 g/mol. The predicted octanol–water partition coefficient (Wildman–Crippen LogP) is 2.94. The van der Waals surface area contributed by atoms with Gasteiger partial charge < -0.3 is 10.0 Å². The van der Waals surface area contributed by atoms with Gasteiger partial charge in [0.1, 0.15) is 11.4 Å². The maximum absolute atomic E-state index is 11.3. The molecule has 1 aromatic rings. The number of pyridine rings is 1. The number of carbonyl (C=O) groups is 1. The third kappa shape index (κ3) is 2.63. The van der Waals surface area contributed by atoms with Crippen LogP contribution < -0.4 is 4.90 Å². The van der Waals surface area contributed by atoms with Gasteiger partial charge in [0, 0.05) is 18.8 Å². The lowest BCUT2D eigenvalue weighted by atomic mass is 9.97. The number of carboxylic acid groups (broad SMARTS) is 1. The van der Waals surface area contributed by atoms with Crippen LogP contribution in [0.5, 0.6) is 0 Å². The van der Waals surface area contributed by atoms with E-state index in [-0.39, 0.29) is 0 Å². The van der Waals surface area contributed by atoms with Crippen LogP contribution in [-0.4, -0.2) is 28.6 Å². The smallest absolute Gasteiger partial charge is 0.339 e. The molecular formula is C14H20N2O2. The minimum Gasteiger partial charge on any atom is -0.478 e. The first-order chi connectivity index (χ1) is 8.74.